The third-order valence-electron chi connectivity index (χ3n) is 3.41. The standard InChI is InChI=1S/C17H15IN2O6/c18-8-16(22)19-14-4-2-12(3-5-14)17(23)26-10-11-1-6-15(20(24)25)13(7-11)9-21/h1-7,21H,8-10H2,(H,19,22). The molecule has 0 aliphatic heterocycles. The van der Waals surface area contributed by atoms with Crippen molar-refractivity contribution in [1.82, 2.24) is 0 Å². The number of alkyl halides is 1. The molecule has 2 aromatic carbocycles. The van der Waals surface area contributed by atoms with Gasteiger partial charge in [-0.25, -0.2) is 4.79 Å². The highest BCUT2D eigenvalue weighted by Crippen LogP contribution is 2.21. The molecule has 0 atom stereocenters. The van der Waals surface area contributed by atoms with Gasteiger partial charge in [0.25, 0.3) is 5.69 Å². The summed E-state index contributed by atoms with van der Waals surface area (Å²) >= 11 is 1.95. The number of amides is 1. The third kappa shape index (κ3) is 5.23. The summed E-state index contributed by atoms with van der Waals surface area (Å²) in [6, 6.07) is 10.4. The predicted molar refractivity (Wildman–Crippen MR) is 102 cm³/mol. The van der Waals surface area contributed by atoms with Crippen molar-refractivity contribution in [1.29, 1.82) is 0 Å². The first-order valence-electron chi connectivity index (χ1n) is 7.44. The van der Waals surface area contributed by atoms with Crippen molar-refractivity contribution >= 4 is 45.8 Å². The maximum Gasteiger partial charge on any atom is 0.338 e. The Morgan fingerprint density at radius 3 is 2.46 bits per heavy atom. The number of nitro groups is 1. The molecule has 9 heteroatoms. The number of aliphatic hydroxyl groups is 1. The van der Waals surface area contributed by atoms with Crippen molar-refractivity contribution in [3.05, 3.63) is 69.3 Å². The van der Waals surface area contributed by atoms with E-state index in [0.717, 1.165) is 0 Å². The molecule has 0 bridgehead atoms. The van der Waals surface area contributed by atoms with Gasteiger partial charge < -0.3 is 15.2 Å². The second-order valence-electron chi connectivity index (χ2n) is 5.21. The molecular weight excluding hydrogens is 455 g/mol. The topological polar surface area (TPSA) is 119 Å². The van der Waals surface area contributed by atoms with Crippen LogP contribution in [0.15, 0.2) is 42.5 Å². The van der Waals surface area contributed by atoms with Crippen LogP contribution in [0.3, 0.4) is 0 Å². The lowest BCUT2D eigenvalue weighted by molar-refractivity contribution is -0.385. The number of benzene rings is 2. The summed E-state index contributed by atoms with van der Waals surface area (Å²) in [7, 11) is 0. The highest BCUT2D eigenvalue weighted by molar-refractivity contribution is 14.1. The summed E-state index contributed by atoms with van der Waals surface area (Å²) in [4.78, 5) is 33.6. The molecule has 2 N–H and O–H groups in total. The number of nitrogens with one attached hydrogen (secondary N) is 1. The monoisotopic (exact) mass is 470 g/mol. The van der Waals surface area contributed by atoms with E-state index in [1.54, 1.807) is 12.1 Å². The van der Waals surface area contributed by atoms with Crippen molar-refractivity contribution in [3.63, 3.8) is 0 Å². The van der Waals surface area contributed by atoms with Crippen LogP contribution in [0, 0.1) is 10.1 Å². The second-order valence-corrected chi connectivity index (χ2v) is 5.98. The zero-order chi connectivity index (χ0) is 19.1. The molecule has 0 aromatic heterocycles. The molecule has 0 aliphatic rings. The zero-order valence-corrected chi connectivity index (χ0v) is 15.6. The van der Waals surface area contributed by atoms with Crippen molar-refractivity contribution in [3.8, 4) is 0 Å². The minimum absolute atomic E-state index is 0.0862. The number of halogens is 1. The summed E-state index contributed by atoms with van der Waals surface area (Å²) in [5.41, 5.74) is 1.37. The van der Waals surface area contributed by atoms with Gasteiger partial charge in [-0.1, -0.05) is 22.6 Å². The Hall–Kier alpha value is -2.53. The van der Waals surface area contributed by atoms with Gasteiger partial charge in [0.05, 0.1) is 27.1 Å². The second kappa shape index (κ2) is 9.25. The number of carbonyl (C=O) groups is 2. The van der Waals surface area contributed by atoms with Gasteiger partial charge in [-0.05, 0) is 42.0 Å². The van der Waals surface area contributed by atoms with E-state index in [1.165, 1.54) is 30.3 Å². The molecule has 2 aromatic rings. The Morgan fingerprint density at radius 1 is 1.19 bits per heavy atom. The van der Waals surface area contributed by atoms with Crippen LogP contribution in [0.2, 0.25) is 0 Å². The number of nitrogens with zero attached hydrogens (tertiary/aromatic N) is 1. The molecule has 8 nitrogen and oxygen atoms in total. The molecule has 0 radical (unpaired) electrons. The van der Waals surface area contributed by atoms with Crippen LogP contribution in [0.4, 0.5) is 11.4 Å². The molecule has 1 amide bonds. The minimum Gasteiger partial charge on any atom is -0.457 e. The van der Waals surface area contributed by atoms with Crippen LogP contribution in [-0.2, 0) is 22.7 Å². The van der Waals surface area contributed by atoms with Gasteiger partial charge in [0.1, 0.15) is 6.61 Å². The number of esters is 1. The Balaban J connectivity index is 2.00. The van der Waals surface area contributed by atoms with Crippen LogP contribution < -0.4 is 5.32 Å². The molecule has 0 heterocycles. The van der Waals surface area contributed by atoms with E-state index in [4.69, 9.17) is 4.74 Å². The molecule has 136 valence electrons. The lowest BCUT2D eigenvalue weighted by Gasteiger charge is -2.08. The lowest BCUT2D eigenvalue weighted by Crippen LogP contribution is -2.12. The summed E-state index contributed by atoms with van der Waals surface area (Å²) in [6.07, 6.45) is 0. The van der Waals surface area contributed by atoms with Crippen LogP contribution >= 0.6 is 22.6 Å². The Labute approximate surface area is 162 Å². The SMILES string of the molecule is O=C(CI)Nc1ccc(C(=O)OCc2ccc([N+](=O)[O-])c(CO)c2)cc1. The first kappa shape index (κ1) is 19.8. The zero-order valence-electron chi connectivity index (χ0n) is 13.5. The third-order valence-corrected chi connectivity index (χ3v) is 4.10. The molecule has 2 rings (SSSR count). The molecule has 26 heavy (non-hydrogen) atoms. The molecule has 0 saturated heterocycles. The maximum absolute atomic E-state index is 12.1. The van der Waals surface area contributed by atoms with Crippen molar-refractivity contribution in [2.75, 3.05) is 9.74 Å². The Morgan fingerprint density at radius 2 is 1.88 bits per heavy atom. The average molecular weight is 470 g/mol. The van der Waals surface area contributed by atoms with Crippen LogP contribution in [0.25, 0.3) is 0 Å². The molecular formula is C17H15IN2O6. The molecule has 0 spiro atoms. The first-order chi connectivity index (χ1) is 12.4. The van der Waals surface area contributed by atoms with Crippen LogP contribution in [-0.4, -0.2) is 26.3 Å². The van der Waals surface area contributed by atoms with E-state index in [0.29, 0.717) is 21.2 Å². The number of anilines is 1. The number of hydrogen-bond donors (Lipinski definition) is 2. The van der Waals surface area contributed by atoms with Crippen molar-refractivity contribution in [2.24, 2.45) is 0 Å². The average Bonchev–Trinajstić information content (AvgIpc) is 2.66. The van der Waals surface area contributed by atoms with Gasteiger partial charge in [-0.2, -0.15) is 0 Å². The van der Waals surface area contributed by atoms with Gasteiger partial charge in [0, 0.05) is 11.8 Å². The van der Waals surface area contributed by atoms with Crippen molar-refractivity contribution in [2.45, 2.75) is 13.2 Å². The summed E-state index contributed by atoms with van der Waals surface area (Å²) in [5, 5.41) is 22.7. The van der Waals surface area contributed by atoms with Crippen LogP contribution in [0.1, 0.15) is 21.5 Å². The number of rotatable bonds is 7. The van der Waals surface area contributed by atoms with E-state index in [-0.39, 0.29) is 23.8 Å². The normalized spacial score (nSPS) is 10.2. The van der Waals surface area contributed by atoms with E-state index >= 15 is 0 Å². The summed E-state index contributed by atoms with van der Waals surface area (Å²) in [5.74, 6) is -0.709. The van der Waals surface area contributed by atoms with E-state index in [2.05, 4.69) is 5.32 Å². The van der Waals surface area contributed by atoms with E-state index < -0.39 is 17.5 Å². The number of ether oxygens (including phenoxy) is 1. The molecule has 0 saturated carbocycles. The summed E-state index contributed by atoms with van der Waals surface area (Å²) in [6.45, 7) is -0.570. The fourth-order valence-corrected chi connectivity index (χ4v) is 2.34. The lowest BCUT2D eigenvalue weighted by atomic mass is 10.1. The summed E-state index contributed by atoms with van der Waals surface area (Å²) < 4.78 is 5.50. The largest absolute Gasteiger partial charge is 0.457 e. The molecule has 0 unspecified atom stereocenters. The highest BCUT2D eigenvalue weighted by Gasteiger charge is 2.14. The first-order valence-corrected chi connectivity index (χ1v) is 8.97. The van der Waals surface area contributed by atoms with E-state index in [9.17, 15) is 24.8 Å². The van der Waals surface area contributed by atoms with Gasteiger partial charge in [-0.15, -0.1) is 0 Å². The number of aliphatic hydroxyl groups excluding tert-OH is 1. The molecule has 0 aliphatic carbocycles. The van der Waals surface area contributed by atoms with Gasteiger partial charge in [0.15, 0.2) is 0 Å². The number of nitro benzene ring substituents is 1. The quantitative estimate of drug-likeness (QED) is 0.211. The van der Waals surface area contributed by atoms with Gasteiger partial charge in [0.2, 0.25) is 5.91 Å². The highest BCUT2D eigenvalue weighted by atomic mass is 127. The number of hydrogen-bond acceptors (Lipinski definition) is 6. The van der Waals surface area contributed by atoms with Crippen molar-refractivity contribution < 1.29 is 24.4 Å². The minimum atomic E-state index is -0.584. The van der Waals surface area contributed by atoms with Crippen LogP contribution in [0.5, 0.6) is 0 Å². The molecule has 0 fully saturated rings. The smallest absolute Gasteiger partial charge is 0.338 e. The number of carbonyl (C=O) groups excluding carboxylic acids is 2. The van der Waals surface area contributed by atoms with Gasteiger partial charge in [-0.3, -0.25) is 14.9 Å². The Bertz CT molecular complexity index is 823. The maximum atomic E-state index is 12.1. The fourth-order valence-electron chi connectivity index (χ4n) is 2.15. The van der Waals surface area contributed by atoms with E-state index in [1.807, 2.05) is 22.6 Å². The Kier molecular flexibility index (Phi) is 7.04. The van der Waals surface area contributed by atoms with Gasteiger partial charge >= 0.3 is 5.97 Å². The predicted octanol–water partition coefficient (Wildman–Crippen LogP) is 2.82. The fraction of sp³-hybridized carbons (Fsp3) is 0.176.